The Kier molecular flexibility index (Phi) is 2.56. The van der Waals surface area contributed by atoms with Gasteiger partial charge in [0.1, 0.15) is 0 Å². The molecule has 17 heavy (non-hydrogen) atoms. The van der Waals surface area contributed by atoms with Crippen LogP contribution in [0.25, 0.3) is 0 Å². The van der Waals surface area contributed by atoms with Crippen LogP contribution in [-0.2, 0) is 16.8 Å². The van der Waals surface area contributed by atoms with Crippen molar-refractivity contribution in [2.24, 2.45) is 0 Å². The summed E-state index contributed by atoms with van der Waals surface area (Å²) in [5.41, 5.74) is 1.49. The van der Waals surface area contributed by atoms with Crippen molar-refractivity contribution in [2.75, 3.05) is 0 Å². The summed E-state index contributed by atoms with van der Waals surface area (Å²) in [6.45, 7) is 5.49. The number of aliphatic carboxylic acids is 1. The lowest BCUT2D eigenvalue weighted by Gasteiger charge is -2.19. The van der Waals surface area contributed by atoms with Crippen molar-refractivity contribution in [1.29, 1.82) is 0 Å². The second-order valence-electron chi connectivity index (χ2n) is 4.95. The molecule has 1 N–H and O–H groups in total. The lowest BCUT2D eigenvalue weighted by Crippen LogP contribution is -2.34. The highest BCUT2D eigenvalue weighted by atomic mass is 16.4. The zero-order valence-corrected chi connectivity index (χ0v) is 10.3. The van der Waals surface area contributed by atoms with Gasteiger partial charge >= 0.3 is 11.7 Å². The number of carboxylic acids is 1. The number of aromatic nitrogens is 2. The first kappa shape index (κ1) is 11.8. The quantitative estimate of drug-likeness (QED) is 0.849. The van der Waals surface area contributed by atoms with Gasteiger partial charge in [-0.05, 0) is 33.6 Å². The van der Waals surface area contributed by atoms with Gasteiger partial charge in [0.05, 0.1) is 6.42 Å². The molecule has 1 heterocycles. The number of nitrogens with zero attached hydrogens (tertiary/aromatic N) is 2. The van der Waals surface area contributed by atoms with E-state index in [4.69, 9.17) is 5.11 Å². The number of aryl methyl sites for hydroxylation is 1. The molecule has 1 saturated carbocycles. The van der Waals surface area contributed by atoms with E-state index in [9.17, 15) is 9.59 Å². The molecule has 5 nitrogen and oxygen atoms in total. The van der Waals surface area contributed by atoms with Gasteiger partial charge in [0.2, 0.25) is 0 Å². The Labute approximate surface area is 99.1 Å². The van der Waals surface area contributed by atoms with Crippen LogP contribution in [0.3, 0.4) is 0 Å². The van der Waals surface area contributed by atoms with Crippen LogP contribution < -0.4 is 5.69 Å². The second-order valence-corrected chi connectivity index (χ2v) is 4.95. The molecule has 5 heteroatoms. The van der Waals surface area contributed by atoms with E-state index in [1.165, 1.54) is 0 Å². The highest BCUT2D eigenvalue weighted by Gasteiger charge is 2.41. The van der Waals surface area contributed by atoms with Gasteiger partial charge in [0, 0.05) is 22.5 Å². The summed E-state index contributed by atoms with van der Waals surface area (Å²) in [6, 6.07) is 0. The molecule has 2 rings (SSSR count). The maximum atomic E-state index is 11.9. The van der Waals surface area contributed by atoms with Gasteiger partial charge < -0.3 is 5.11 Å². The van der Waals surface area contributed by atoms with Crippen LogP contribution in [0.1, 0.15) is 36.7 Å². The third kappa shape index (κ3) is 1.97. The molecule has 1 fully saturated rings. The zero-order chi connectivity index (χ0) is 12.8. The van der Waals surface area contributed by atoms with Crippen LogP contribution in [0.15, 0.2) is 4.79 Å². The molecule has 0 unspecified atom stereocenters. The molecule has 1 aliphatic rings. The summed E-state index contributed by atoms with van der Waals surface area (Å²) < 4.78 is 1.65. The number of rotatable bonds is 3. The van der Waals surface area contributed by atoms with E-state index in [1.807, 2.05) is 6.92 Å². The summed E-state index contributed by atoms with van der Waals surface area (Å²) in [5.74, 6) is -0.899. The fourth-order valence-corrected chi connectivity index (χ4v) is 2.25. The molecule has 0 bridgehead atoms. The predicted octanol–water partition coefficient (Wildman–Crippen LogP) is 0.996. The Morgan fingerprint density at radius 1 is 1.47 bits per heavy atom. The second kappa shape index (κ2) is 3.68. The zero-order valence-electron chi connectivity index (χ0n) is 10.3. The predicted molar refractivity (Wildman–Crippen MR) is 62.2 cm³/mol. The Hall–Kier alpha value is -1.65. The molecular weight excluding hydrogens is 220 g/mol. The molecule has 1 aromatic heterocycles. The smallest absolute Gasteiger partial charge is 0.348 e. The number of hydrogen-bond donors (Lipinski definition) is 1. The first-order chi connectivity index (χ1) is 7.85. The molecule has 0 aromatic carbocycles. The summed E-state index contributed by atoms with van der Waals surface area (Å²) in [5, 5.41) is 8.88. The minimum atomic E-state index is -0.899. The van der Waals surface area contributed by atoms with Gasteiger partial charge in [-0.1, -0.05) is 0 Å². The number of carbonyl (C=O) groups is 1. The molecule has 0 aliphatic heterocycles. The van der Waals surface area contributed by atoms with Crippen LogP contribution in [0.4, 0.5) is 0 Å². The molecule has 1 aromatic rings. The minimum Gasteiger partial charge on any atom is -0.481 e. The average molecular weight is 236 g/mol. The monoisotopic (exact) mass is 236 g/mol. The van der Waals surface area contributed by atoms with E-state index in [0.29, 0.717) is 11.3 Å². The SMILES string of the molecule is Cc1nc(=O)n(C2(C)CC2)c(C)c1CC(=O)O. The van der Waals surface area contributed by atoms with Crippen molar-refractivity contribution in [3.05, 3.63) is 27.4 Å². The van der Waals surface area contributed by atoms with E-state index in [-0.39, 0.29) is 17.6 Å². The van der Waals surface area contributed by atoms with E-state index >= 15 is 0 Å². The molecule has 1 aliphatic carbocycles. The van der Waals surface area contributed by atoms with E-state index < -0.39 is 5.97 Å². The molecule has 0 amide bonds. The van der Waals surface area contributed by atoms with Gasteiger partial charge in [0.25, 0.3) is 0 Å². The fraction of sp³-hybridized carbons (Fsp3) is 0.583. The summed E-state index contributed by atoms with van der Waals surface area (Å²) in [7, 11) is 0. The van der Waals surface area contributed by atoms with Gasteiger partial charge in [-0.2, -0.15) is 4.98 Å². The highest BCUT2D eigenvalue weighted by molar-refractivity contribution is 5.70. The molecule has 0 atom stereocenters. The van der Waals surface area contributed by atoms with Crippen molar-refractivity contribution in [3.8, 4) is 0 Å². The van der Waals surface area contributed by atoms with Crippen LogP contribution in [0.2, 0.25) is 0 Å². The van der Waals surface area contributed by atoms with E-state index in [2.05, 4.69) is 4.98 Å². The molecule has 0 spiro atoms. The third-order valence-electron chi connectivity index (χ3n) is 3.50. The van der Waals surface area contributed by atoms with Gasteiger partial charge in [-0.3, -0.25) is 9.36 Å². The average Bonchev–Trinajstić information content (AvgIpc) is 2.91. The Balaban J connectivity index is 2.61. The van der Waals surface area contributed by atoms with Crippen LogP contribution in [-0.4, -0.2) is 20.6 Å². The third-order valence-corrected chi connectivity index (χ3v) is 3.50. The largest absolute Gasteiger partial charge is 0.481 e. The number of hydrogen-bond acceptors (Lipinski definition) is 3. The normalized spacial score (nSPS) is 16.9. The van der Waals surface area contributed by atoms with Crippen molar-refractivity contribution < 1.29 is 9.90 Å². The van der Waals surface area contributed by atoms with Gasteiger partial charge in [-0.15, -0.1) is 0 Å². The molecule has 0 saturated heterocycles. The Bertz CT molecular complexity index is 541. The summed E-state index contributed by atoms with van der Waals surface area (Å²) in [4.78, 5) is 26.6. The van der Waals surface area contributed by atoms with Gasteiger partial charge in [-0.25, -0.2) is 4.79 Å². The van der Waals surface area contributed by atoms with Crippen molar-refractivity contribution >= 4 is 5.97 Å². The lowest BCUT2D eigenvalue weighted by molar-refractivity contribution is -0.136. The molecule has 0 radical (unpaired) electrons. The highest BCUT2D eigenvalue weighted by Crippen LogP contribution is 2.42. The maximum Gasteiger partial charge on any atom is 0.348 e. The number of carboxylic acid groups (broad SMARTS) is 1. The molecular formula is C12H16N2O3. The Morgan fingerprint density at radius 2 is 2.06 bits per heavy atom. The minimum absolute atomic E-state index is 0.0823. The first-order valence-corrected chi connectivity index (χ1v) is 5.66. The summed E-state index contributed by atoms with van der Waals surface area (Å²) in [6.07, 6.45) is 1.82. The van der Waals surface area contributed by atoms with Crippen molar-refractivity contribution in [2.45, 2.75) is 45.6 Å². The van der Waals surface area contributed by atoms with Crippen molar-refractivity contribution in [1.82, 2.24) is 9.55 Å². The Morgan fingerprint density at radius 3 is 2.53 bits per heavy atom. The van der Waals surface area contributed by atoms with Gasteiger partial charge in [0.15, 0.2) is 0 Å². The first-order valence-electron chi connectivity index (χ1n) is 5.66. The maximum absolute atomic E-state index is 11.9. The molecule has 92 valence electrons. The topological polar surface area (TPSA) is 72.2 Å². The van der Waals surface area contributed by atoms with E-state index in [0.717, 1.165) is 18.5 Å². The standard InChI is InChI=1S/C12H16N2O3/c1-7-9(6-10(15)16)8(2)14(11(17)13-7)12(3)4-5-12/h4-6H2,1-3H3,(H,15,16). The van der Waals surface area contributed by atoms with Crippen LogP contribution in [0, 0.1) is 13.8 Å². The van der Waals surface area contributed by atoms with Crippen LogP contribution in [0.5, 0.6) is 0 Å². The van der Waals surface area contributed by atoms with Crippen molar-refractivity contribution in [3.63, 3.8) is 0 Å². The van der Waals surface area contributed by atoms with E-state index in [1.54, 1.807) is 18.4 Å². The van der Waals surface area contributed by atoms with Crippen LogP contribution >= 0.6 is 0 Å². The fourth-order valence-electron chi connectivity index (χ4n) is 2.25. The summed E-state index contributed by atoms with van der Waals surface area (Å²) >= 11 is 0. The lowest BCUT2D eigenvalue weighted by atomic mass is 10.1.